The number of benzene rings is 1. The number of amides is 2. The second-order valence-corrected chi connectivity index (χ2v) is 9.57. The van der Waals surface area contributed by atoms with Crippen molar-refractivity contribution < 1.29 is 19.1 Å². The molecular formula is C23H28N2O4S. The van der Waals surface area contributed by atoms with Crippen LogP contribution in [0.25, 0.3) is 11.6 Å². The van der Waals surface area contributed by atoms with Gasteiger partial charge < -0.3 is 9.64 Å². The summed E-state index contributed by atoms with van der Waals surface area (Å²) in [4.78, 5) is 40.4. The lowest BCUT2D eigenvalue weighted by molar-refractivity contribution is -0.149. The highest BCUT2D eigenvalue weighted by Gasteiger charge is 2.37. The summed E-state index contributed by atoms with van der Waals surface area (Å²) >= 11 is 0.850. The van der Waals surface area contributed by atoms with E-state index in [9.17, 15) is 14.4 Å². The van der Waals surface area contributed by atoms with Crippen LogP contribution >= 0.6 is 11.8 Å². The molecule has 2 amide bonds. The average molecular weight is 429 g/mol. The smallest absolute Gasteiger partial charge is 0.326 e. The molecule has 30 heavy (non-hydrogen) atoms. The molecule has 7 heteroatoms. The third-order valence-corrected chi connectivity index (χ3v) is 6.33. The molecule has 0 atom stereocenters. The lowest BCUT2D eigenvalue weighted by Crippen LogP contribution is -2.42. The molecule has 0 unspecified atom stereocenters. The molecule has 1 aromatic rings. The number of carbonyl (C=O) groups is 3. The van der Waals surface area contributed by atoms with E-state index >= 15 is 0 Å². The monoisotopic (exact) mass is 428 g/mol. The predicted molar refractivity (Wildman–Crippen MR) is 121 cm³/mol. The number of rotatable bonds is 4. The van der Waals surface area contributed by atoms with Crippen LogP contribution in [0.4, 0.5) is 10.5 Å². The number of hydrogen-bond acceptors (Lipinski definition) is 6. The first-order valence-electron chi connectivity index (χ1n) is 9.94. The normalized spacial score (nSPS) is 19.5. The molecule has 3 rings (SSSR count). The molecule has 2 heterocycles. The van der Waals surface area contributed by atoms with Crippen LogP contribution < -0.4 is 4.90 Å². The van der Waals surface area contributed by atoms with Crippen molar-refractivity contribution in [3.05, 3.63) is 39.8 Å². The summed E-state index contributed by atoms with van der Waals surface area (Å²) in [5.41, 5.74) is 5.22. The Morgan fingerprint density at radius 2 is 1.90 bits per heavy atom. The zero-order valence-corrected chi connectivity index (χ0v) is 19.3. The van der Waals surface area contributed by atoms with Gasteiger partial charge in [0.15, 0.2) is 0 Å². The number of anilines is 1. The van der Waals surface area contributed by atoms with Crippen LogP contribution in [0.3, 0.4) is 0 Å². The highest BCUT2D eigenvalue weighted by Crippen LogP contribution is 2.40. The molecule has 0 spiro atoms. The molecule has 160 valence electrons. The molecule has 0 aliphatic carbocycles. The van der Waals surface area contributed by atoms with E-state index in [1.165, 1.54) is 5.57 Å². The van der Waals surface area contributed by atoms with E-state index in [-0.39, 0.29) is 18.2 Å². The van der Waals surface area contributed by atoms with E-state index in [1.54, 1.807) is 19.9 Å². The van der Waals surface area contributed by atoms with Crippen LogP contribution in [-0.4, -0.2) is 47.3 Å². The number of likely N-dealkylation sites (N-methyl/N-ethyl adjacent to an activating group) is 1. The number of hydrogen-bond donors (Lipinski definition) is 0. The van der Waals surface area contributed by atoms with Gasteiger partial charge in [0.25, 0.3) is 11.1 Å². The maximum atomic E-state index is 12.7. The van der Waals surface area contributed by atoms with Crippen LogP contribution in [0, 0.1) is 6.92 Å². The Morgan fingerprint density at radius 3 is 2.53 bits per heavy atom. The van der Waals surface area contributed by atoms with Gasteiger partial charge in [-0.2, -0.15) is 0 Å². The minimum absolute atomic E-state index is 0.0850. The van der Waals surface area contributed by atoms with Crippen molar-refractivity contribution in [3.63, 3.8) is 0 Å². The van der Waals surface area contributed by atoms with E-state index in [4.69, 9.17) is 4.74 Å². The van der Waals surface area contributed by atoms with Crippen LogP contribution in [-0.2, 0) is 14.3 Å². The molecule has 6 nitrogen and oxygen atoms in total. The molecule has 1 aromatic carbocycles. The quantitative estimate of drug-likeness (QED) is 0.515. The molecule has 0 bridgehead atoms. The van der Waals surface area contributed by atoms with Gasteiger partial charge in [-0.25, -0.2) is 0 Å². The summed E-state index contributed by atoms with van der Waals surface area (Å²) < 4.78 is 5.06. The maximum Gasteiger partial charge on any atom is 0.326 e. The molecular weight excluding hydrogens is 400 g/mol. The lowest BCUT2D eigenvalue weighted by Gasteiger charge is -2.41. The van der Waals surface area contributed by atoms with Gasteiger partial charge in [0.1, 0.15) is 6.54 Å². The predicted octanol–water partition coefficient (Wildman–Crippen LogP) is 4.61. The molecule has 0 aromatic heterocycles. The van der Waals surface area contributed by atoms with Crippen LogP contribution in [0.1, 0.15) is 51.3 Å². The number of nitrogens with zero attached hydrogens (tertiary/aromatic N) is 2. The second-order valence-electron chi connectivity index (χ2n) is 8.57. The number of aryl methyl sites for hydroxylation is 1. The molecule has 2 aliphatic rings. The first kappa shape index (κ1) is 22.2. The van der Waals surface area contributed by atoms with Gasteiger partial charge in [0.2, 0.25) is 0 Å². The fourth-order valence-electron chi connectivity index (χ4n) is 3.68. The van der Waals surface area contributed by atoms with Crippen LogP contribution in [0.5, 0.6) is 0 Å². The van der Waals surface area contributed by atoms with E-state index in [0.717, 1.165) is 39.0 Å². The van der Waals surface area contributed by atoms with Gasteiger partial charge in [-0.3, -0.25) is 19.3 Å². The van der Waals surface area contributed by atoms with Gasteiger partial charge in [0, 0.05) is 18.3 Å². The van der Waals surface area contributed by atoms with Crippen molar-refractivity contribution in [2.75, 3.05) is 18.5 Å². The number of esters is 1. The summed E-state index contributed by atoms with van der Waals surface area (Å²) in [5, 5.41) is -0.458. The largest absolute Gasteiger partial charge is 0.462 e. The Bertz CT molecular complexity index is 991. The Kier molecular flexibility index (Phi) is 5.87. The zero-order valence-electron chi connectivity index (χ0n) is 18.5. The van der Waals surface area contributed by atoms with E-state index < -0.39 is 17.1 Å². The molecule has 0 N–H and O–H groups in total. The van der Waals surface area contributed by atoms with Gasteiger partial charge in [-0.15, -0.1) is 0 Å². The first-order valence-corrected chi connectivity index (χ1v) is 10.8. The van der Waals surface area contributed by atoms with E-state index in [2.05, 4.69) is 50.9 Å². The Balaban J connectivity index is 1.91. The standard InChI is InChI=1S/C23H28N2O4S/c1-13(2)29-20(26)12-25-21(27)19(30-22(25)28)10-16-9-17-15(4)11-23(5,6)24(7)18(17)8-14(16)3/h8-11,13H,12H2,1-7H3/b19-10+. The second kappa shape index (κ2) is 7.95. The summed E-state index contributed by atoms with van der Waals surface area (Å²) in [6.45, 7) is 11.5. The van der Waals surface area contributed by atoms with Crippen molar-refractivity contribution in [3.8, 4) is 0 Å². The van der Waals surface area contributed by atoms with Crippen molar-refractivity contribution in [2.45, 2.75) is 53.2 Å². The minimum atomic E-state index is -0.593. The zero-order chi connectivity index (χ0) is 22.4. The molecule has 0 radical (unpaired) electrons. The molecule has 1 saturated heterocycles. The highest BCUT2D eigenvalue weighted by atomic mass is 32.2. The summed E-state index contributed by atoms with van der Waals surface area (Å²) in [5.74, 6) is -1.06. The number of imide groups is 1. The number of carbonyl (C=O) groups excluding carboxylic acids is 3. The number of fused-ring (bicyclic) bond motifs is 1. The van der Waals surface area contributed by atoms with Crippen LogP contribution in [0.2, 0.25) is 0 Å². The number of allylic oxidation sites excluding steroid dienone is 1. The Hall–Kier alpha value is -2.54. The van der Waals surface area contributed by atoms with Crippen molar-refractivity contribution >= 4 is 46.2 Å². The fraction of sp³-hybridized carbons (Fsp3) is 0.435. The van der Waals surface area contributed by atoms with Crippen molar-refractivity contribution in [1.29, 1.82) is 0 Å². The molecule has 2 aliphatic heterocycles. The lowest BCUT2D eigenvalue weighted by atomic mass is 9.87. The summed E-state index contributed by atoms with van der Waals surface area (Å²) in [6, 6.07) is 4.17. The summed E-state index contributed by atoms with van der Waals surface area (Å²) in [7, 11) is 2.07. The van der Waals surface area contributed by atoms with Gasteiger partial charge >= 0.3 is 5.97 Å². The Morgan fingerprint density at radius 1 is 1.23 bits per heavy atom. The van der Waals surface area contributed by atoms with E-state index in [0.29, 0.717) is 4.91 Å². The third-order valence-electron chi connectivity index (χ3n) is 5.42. The fourth-order valence-corrected chi connectivity index (χ4v) is 4.51. The number of thioether (sulfide) groups is 1. The van der Waals surface area contributed by atoms with E-state index in [1.807, 2.05) is 6.92 Å². The number of ether oxygens (including phenoxy) is 1. The first-order chi connectivity index (χ1) is 13.9. The average Bonchev–Trinajstić information content (AvgIpc) is 2.87. The van der Waals surface area contributed by atoms with Gasteiger partial charge in [-0.1, -0.05) is 6.08 Å². The molecule has 0 saturated carbocycles. The van der Waals surface area contributed by atoms with Gasteiger partial charge in [-0.05, 0) is 88.2 Å². The maximum absolute atomic E-state index is 12.7. The topological polar surface area (TPSA) is 66.9 Å². The Labute approximate surface area is 181 Å². The van der Waals surface area contributed by atoms with Gasteiger partial charge in [0.05, 0.1) is 16.5 Å². The SMILES string of the molecule is CC1=CC(C)(C)N(C)c2cc(C)c(/C=C3/SC(=O)N(CC(=O)OC(C)C)C3=O)cc21. The molecule has 1 fully saturated rings. The third kappa shape index (κ3) is 4.17. The highest BCUT2D eigenvalue weighted by molar-refractivity contribution is 8.18. The van der Waals surface area contributed by atoms with Crippen molar-refractivity contribution in [2.24, 2.45) is 0 Å². The summed E-state index contributed by atoms with van der Waals surface area (Å²) in [6.07, 6.45) is 3.66. The van der Waals surface area contributed by atoms with Crippen LogP contribution in [0.15, 0.2) is 23.1 Å². The minimum Gasteiger partial charge on any atom is -0.462 e. The van der Waals surface area contributed by atoms with Crippen molar-refractivity contribution in [1.82, 2.24) is 4.90 Å².